The normalized spacial score (nSPS) is 26.8. The standard InChI is InChI=1S/C28H29ClN4/c1-2-27-15-9-16-28(29,21(20-27)14-17-27)26-32(22-10-5-3-6-11-22)24-25(31-19-18-30-24)33(26)23-12-7-4-8-13-23/h3-8,10-13,18-20,26H,2,9,14-17H2,1H3. The number of hydrogen-bond acceptors (Lipinski definition) is 4. The van der Waals surface area contributed by atoms with E-state index in [9.17, 15) is 0 Å². The number of fused-ring (bicyclic) bond motifs is 2. The predicted octanol–water partition coefficient (Wildman–Crippen LogP) is 7.37. The van der Waals surface area contributed by atoms with E-state index in [1.807, 2.05) is 0 Å². The van der Waals surface area contributed by atoms with Crippen LogP contribution in [0.1, 0.15) is 45.4 Å². The van der Waals surface area contributed by atoms with E-state index in [4.69, 9.17) is 21.6 Å². The Morgan fingerprint density at radius 3 is 1.97 bits per heavy atom. The summed E-state index contributed by atoms with van der Waals surface area (Å²) in [7, 11) is 0. The summed E-state index contributed by atoms with van der Waals surface area (Å²) in [4.78, 5) is 13.8. The molecule has 0 fully saturated rings. The highest BCUT2D eigenvalue weighted by atomic mass is 35.5. The molecule has 2 heterocycles. The van der Waals surface area contributed by atoms with Gasteiger partial charge in [-0.15, -0.1) is 11.6 Å². The molecule has 168 valence electrons. The number of alkyl halides is 1. The maximum Gasteiger partial charge on any atom is 0.178 e. The molecule has 0 N–H and O–H groups in total. The highest BCUT2D eigenvalue weighted by Gasteiger charge is 2.55. The summed E-state index contributed by atoms with van der Waals surface area (Å²) in [5, 5.41) is 0. The first-order valence-electron chi connectivity index (χ1n) is 12.1. The van der Waals surface area contributed by atoms with E-state index in [2.05, 4.69) is 83.5 Å². The Bertz CT molecular complexity index is 1110. The molecule has 0 saturated carbocycles. The fraction of sp³-hybridized carbons (Fsp3) is 0.357. The van der Waals surface area contributed by atoms with Crippen molar-refractivity contribution in [2.24, 2.45) is 5.41 Å². The number of para-hydroxylation sites is 2. The largest absolute Gasteiger partial charge is 0.300 e. The first-order chi connectivity index (χ1) is 16.2. The van der Waals surface area contributed by atoms with Gasteiger partial charge in [-0.05, 0) is 67.4 Å². The van der Waals surface area contributed by atoms with Crippen molar-refractivity contribution in [3.8, 4) is 0 Å². The summed E-state index contributed by atoms with van der Waals surface area (Å²) in [6.07, 6.45) is 12.7. The minimum absolute atomic E-state index is 0.154. The van der Waals surface area contributed by atoms with Crippen molar-refractivity contribution in [2.75, 3.05) is 9.80 Å². The lowest BCUT2D eigenvalue weighted by atomic mass is 9.79. The summed E-state index contributed by atoms with van der Waals surface area (Å²) in [5.41, 5.74) is 3.88. The molecule has 0 saturated heterocycles. The average Bonchev–Trinajstić information content (AvgIpc) is 3.42. The molecule has 0 radical (unpaired) electrons. The highest BCUT2D eigenvalue weighted by Crippen LogP contribution is 2.58. The van der Waals surface area contributed by atoms with Gasteiger partial charge in [0.1, 0.15) is 11.0 Å². The molecule has 1 aromatic heterocycles. The third-order valence-corrected chi connectivity index (χ3v) is 8.54. The SMILES string of the molecule is CCC12C=C(CC1)C(Cl)(C1N(c3ccccc3)c3nccnc3N1c1ccccc1)CCC2. The Labute approximate surface area is 200 Å². The quantitative estimate of drug-likeness (QED) is 0.303. The minimum atomic E-state index is -0.540. The number of anilines is 4. The highest BCUT2D eigenvalue weighted by molar-refractivity contribution is 6.27. The molecule has 2 bridgehead atoms. The third-order valence-electron chi connectivity index (χ3n) is 7.91. The maximum absolute atomic E-state index is 7.87. The van der Waals surface area contributed by atoms with Gasteiger partial charge < -0.3 is 0 Å². The van der Waals surface area contributed by atoms with Gasteiger partial charge in [-0.25, -0.2) is 9.97 Å². The van der Waals surface area contributed by atoms with Gasteiger partial charge in [0.15, 0.2) is 11.6 Å². The van der Waals surface area contributed by atoms with Crippen molar-refractivity contribution in [1.29, 1.82) is 0 Å². The van der Waals surface area contributed by atoms with Crippen LogP contribution < -0.4 is 9.80 Å². The fourth-order valence-electron chi connectivity index (χ4n) is 6.16. The zero-order valence-electron chi connectivity index (χ0n) is 19.0. The van der Waals surface area contributed by atoms with E-state index in [-0.39, 0.29) is 6.17 Å². The van der Waals surface area contributed by atoms with E-state index in [0.29, 0.717) is 5.41 Å². The molecule has 33 heavy (non-hydrogen) atoms. The van der Waals surface area contributed by atoms with E-state index in [1.54, 1.807) is 12.4 Å². The van der Waals surface area contributed by atoms with Crippen LogP contribution in [0.2, 0.25) is 0 Å². The van der Waals surface area contributed by atoms with E-state index < -0.39 is 4.87 Å². The van der Waals surface area contributed by atoms with Gasteiger partial charge in [0, 0.05) is 23.8 Å². The summed E-state index contributed by atoms with van der Waals surface area (Å²) < 4.78 is 0. The average molecular weight is 457 g/mol. The molecule has 2 aliphatic carbocycles. The van der Waals surface area contributed by atoms with E-state index in [1.165, 1.54) is 24.8 Å². The Morgan fingerprint density at radius 2 is 1.42 bits per heavy atom. The van der Waals surface area contributed by atoms with Crippen molar-refractivity contribution in [2.45, 2.75) is 56.5 Å². The van der Waals surface area contributed by atoms with Gasteiger partial charge >= 0.3 is 0 Å². The van der Waals surface area contributed by atoms with Gasteiger partial charge in [0.2, 0.25) is 0 Å². The predicted molar refractivity (Wildman–Crippen MR) is 135 cm³/mol. The second-order valence-corrected chi connectivity index (χ2v) is 10.3. The molecule has 6 rings (SSSR count). The number of aromatic nitrogens is 2. The number of rotatable bonds is 4. The Kier molecular flexibility index (Phi) is 4.95. The number of benzene rings is 2. The first kappa shape index (κ1) is 20.7. The van der Waals surface area contributed by atoms with Gasteiger partial charge in [0.25, 0.3) is 0 Å². The van der Waals surface area contributed by atoms with Crippen LogP contribution in [0.25, 0.3) is 0 Å². The molecule has 1 aliphatic heterocycles. The van der Waals surface area contributed by atoms with Crippen molar-refractivity contribution in [3.05, 3.63) is 84.7 Å². The van der Waals surface area contributed by atoms with Crippen molar-refractivity contribution in [1.82, 2.24) is 9.97 Å². The van der Waals surface area contributed by atoms with Crippen LogP contribution in [0.15, 0.2) is 84.7 Å². The Hall–Kier alpha value is -2.85. The molecular weight excluding hydrogens is 428 g/mol. The van der Waals surface area contributed by atoms with Crippen molar-refractivity contribution in [3.63, 3.8) is 0 Å². The molecule has 0 amide bonds. The van der Waals surface area contributed by atoms with Crippen molar-refractivity contribution < 1.29 is 0 Å². The first-order valence-corrected chi connectivity index (χ1v) is 12.4. The van der Waals surface area contributed by atoms with E-state index in [0.717, 1.165) is 42.3 Å². The van der Waals surface area contributed by atoms with E-state index >= 15 is 0 Å². The van der Waals surface area contributed by atoms with Crippen LogP contribution in [0.3, 0.4) is 0 Å². The zero-order chi connectivity index (χ0) is 22.5. The summed E-state index contributed by atoms with van der Waals surface area (Å²) in [6.45, 7) is 2.33. The summed E-state index contributed by atoms with van der Waals surface area (Å²) >= 11 is 7.87. The minimum Gasteiger partial charge on any atom is -0.300 e. The van der Waals surface area contributed by atoms with Gasteiger partial charge in [0.05, 0.1) is 0 Å². The van der Waals surface area contributed by atoms with Crippen LogP contribution in [-0.2, 0) is 0 Å². The molecule has 5 heteroatoms. The monoisotopic (exact) mass is 456 g/mol. The molecule has 3 aliphatic rings. The van der Waals surface area contributed by atoms with Gasteiger partial charge in [-0.3, -0.25) is 9.80 Å². The number of hydrogen-bond donors (Lipinski definition) is 0. The van der Waals surface area contributed by atoms with Crippen LogP contribution in [0, 0.1) is 5.41 Å². The topological polar surface area (TPSA) is 32.3 Å². The lowest BCUT2D eigenvalue weighted by Crippen LogP contribution is -2.54. The molecule has 2 aromatic carbocycles. The lowest BCUT2D eigenvalue weighted by molar-refractivity contribution is 0.304. The number of allylic oxidation sites excluding steroid dienone is 1. The lowest BCUT2D eigenvalue weighted by Gasteiger charge is -2.44. The van der Waals surface area contributed by atoms with Crippen LogP contribution in [-0.4, -0.2) is 21.0 Å². The van der Waals surface area contributed by atoms with Gasteiger partial charge in [-0.1, -0.05) is 55.8 Å². The molecular formula is C28H29ClN4. The summed E-state index contributed by atoms with van der Waals surface area (Å²) in [6, 6.07) is 21.0. The van der Waals surface area contributed by atoms with Crippen LogP contribution in [0.5, 0.6) is 0 Å². The Balaban J connectivity index is 1.58. The number of nitrogens with zero attached hydrogens (tertiary/aromatic N) is 4. The molecule has 2 atom stereocenters. The Morgan fingerprint density at radius 1 is 0.848 bits per heavy atom. The van der Waals surface area contributed by atoms with Crippen LogP contribution >= 0.6 is 11.6 Å². The van der Waals surface area contributed by atoms with Crippen LogP contribution in [0.4, 0.5) is 23.0 Å². The molecule has 0 spiro atoms. The second kappa shape index (κ2) is 7.88. The molecule has 2 unspecified atom stereocenters. The third kappa shape index (κ3) is 3.18. The smallest absolute Gasteiger partial charge is 0.178 e. The number of halogens is 1. The second-order valence-electron chi connectivity index (χ2n) is 9.59. The zero-order valence-corrected chi connectivity index (χ0v) is 19.7. The van der Waals surface area contributed by atoms with Crippen molar-refractivity contribution >= 4 is 34.6 Å². The maximum atomic E-state index is 7.87. The molecule has 3 aromatic rings. The molecule has 4 nitrogen and oxygen atoms in total. The summed E-state index contributed by atoms with van der Waals surface area (Å²) in [5.74, 6) is 1.73. The fourth-order valence-corrected chi connectivity index (χ4v) is 6.63. The van der Waals surface area contributed by atoms with Gasteiger partial charge in [-0.2, -0.15) is 0 Å².